The third kappa shape index (κ3) is 17.8. The van der Waals surface area contributed by atoms with Crippen LogP contribution >= 0.6 is 0 Å². The van der Waals surface area contributed by atoms with E-state index in [1.54, 1.807) is 35.8 Å². The van der Waals surface area contributed by atoms with Crippen LogP contribution in [0.15, 0.2) is 33.9 Å². The molecule has 2 aliphatic carbocycles. The number of amides is 1. The van der Waals surface area contributed by atoms with E-state index in [0.717, 1.165) is 56.9 Å². The first-order chi connectivity index (χ1) is 31.0. The summed E-state index contributed by atoms with van der Waals surface area (Å²) in [6.45, 7) is 9.70. The molecule has 17 nitrogen and oxygen atoms in total. The summed E-state index contributed by atoms with van der Waals surface area (Å²) in [5, 5.41) is 0. The van der Waals surface area contributed by atoms with E-state index in [2.05, 4.69) is 4.98 Å². The molecule has 0 atom stereocenters. The Morgan fingerprint density at radius 1 is 0.603 bits per heavy atom. The maximum atomic E-state index is 14.0. The van der Waals surface area contributed by atoms with Crippen LogP contribution in [0.4, 0.5) is 0 Å². The topological polar surface area (TPSA) is 176 Å². The molecule has 1 aromatic carbocycles. The molecule has 0 bridgehead atoms. The highest BCUT2D eigenvalue weighted by atomic mass is 16.6. The van der Waals surface area contributed by atoms with Gasteiger partial charge in [-0.2, -0.15) is 0 Å². The quantitative estimate of drug-likeness (QED) is 0.0844. The van der Waals surface area contributed by atoms with Crippen molar-refractivity contribution in [3.63, 3.8) is 0 Å². The molecule has 1 N–H and O–H groups in total. The molecule has 0 aliphatic heterocycles. The predicted molar refractivity (Wildman–Crippen MR) is 239 cm³/mol. The maximum absolute atomic E-state index is 14.0. The summed E-state index contributed by atoms with van der Waals surface area (Å²) in [7, 11) is 3.39. The molecule has 3 aromatic rings. The summed E-state index contributed by atoms with van der Waals surface area (Å²) in [5.41, 5.74) is 1.48. The van der Waals surface area contributed by atoms with Crippen LogP contribution in [0.25, 0.3) is 22.6 Å². The molecule has 0 spiro atoms. The van der Waals surface area contributed by atoms with Crippen molar-refractivity contribution < 1.29 is 47.4 Å². The van der Waals surface area contributed by atoms with Gasteiger partial charge in [-0.05, 0) is 49.7 Å². The smallest absolute Gasteiger partial charge is 0.332 e. The van der Waals surface area contributed by atoms with Gasteiger partial charge in [0.05, 0.1) is 112 Å². The van der Waals surface area contributed by atoms with E-state index >= 15 is 0 Å². The van der Waals surface area contributed by atoms with Gasteiger partial charge < -0.3 is 52.5 Å². The zero-order valence-electron chi connectivity index (χ0n) is 37.9. The van der Waals surface area contributed by atoms with E-state index in [4.69, 9.17) is 47.6 Å². The van der Waals surface area contributed by atoms with Gasteiger partial charge >= 0.3 is 5.69 Å². The molecule has 63 heavy (non-hydrogen) atoms. The fourth-order valence-electron chi connectivity index (χ4n) is 7.96. The third-order valence-electron chi connectivity index (χ3n) is 11.6. The van der Waals surface area contributed by atoms with Gasteiger partial charge in [0.1, 0.15) is 11.3 Å². The minimum atomic E-state index is -0.305. The van der Waals surface area contributed by atoms with E-state index < -0.39 is 0 Å². The number of hydrogen-bond donors (Lipinski definition) is 1. The SMILES string of the molecule is COCCOCCOCCOCCOCCOCCOCCOCCOCCN(C)C(=O)c1ccc(-c2nc3c([nH]2)c(=O)n(CC2CCCCC2)c(=O)n3CC2CCCCC2)cc1. The predicted octanol–water partition coefficient (Wildman–Crippen LogP) is 4.57. The van der Waals surface area contributed by atoms with Crippen LogP contribution in [0, 0.1) is 11.8 Å². The second-order valence-corrected chi connectivity index (χ2v) is 16.3. The molecule has 0 unspecified atom stereocenters. The van der Waals surface area contributed by atoms with Gasteiger partial charge in [0.2, 0.25) is 0 Å². The van der Waals surface area contributed by atoms with Gasteiger partial charge in [-0.25, -0.2) is 9.78 Å². The third-order valence-corrected chi connectivity index (χ3v) is 11.6. The minimum Gasteiger partial charge on any atom is -0.382 e. The Balaban J connectivity index is 0.917. The largest absolute Gasteiger partial charge is 0.382 e. The molecule has 0 radical (unpaired) electrons. The van der Waals surface area contributed by atoms with Crippen LogP contribution in [0.3, 0.4) is 0 Å². The van der Waals surface area contributed by atoms with Gasteiger partial charge in [0.25, 0.3) is 11.5 Å². The van der Waals surface area contributed by atoms with Crippen molar-refractivity contribution in [2.45, 2.75) is 77.3 Å². The molecule has 2 aliphatic rings. The molecule has 2 saturated carbocycles. The molecule has 5 rings (SSSR count). The Bertz CT molecular complexity index is 1820. The van der Waals surface area contributed by atoms with E-state index in [-0.39, 0.29) is 17.2 Å². The van der Waals surface area contributed by atoms with Crippen LogP contribution in [0.5, 0.6) is 0 Å². The first kappa shape index (κ1) is 50.5. The number of methoxy groups -OCH3 is 1. The van der Waals surface area contributed by atoms with Gasteiger partial charge in [-0.15, -0.1) is 0 Å². The Morgan fingerprint density at radius 3 is 1.46 bits per heavy atom. The second kappa shape index (κ2) is 29.8. The molecular weight excluding hydrogens is 815 g/mol. The lowest BCUT2D eigenvalue weighted by Gasteiger charge is -2.24. The number of carbonyl (C=O) groups excluding carboxylic acids is 1. The van der Waals surface area contributed by atoms with Crippen molar-refractivity contribution in [3.8, 4) is 11.4 Å². The lowest BCUT2D eigenvalue weighted by atomic mass is 9.89. The average Bonchev–Trinajstić information content (AvgIpc) is 3.76. The van der Waals surface area contributed by atoms with E-state index in [9.17, 15) is 14.4 Å². The molecular formula is C46H73N5O12. The van der Waals surface area contributed by atoms with Gasteiger partial charge in [-0.3, -0.25) is 18.7 Å². The normalized spacial score (nSPS) is 15.1. The summed E-state index contributed by atoms with van der Waals surface area (Å²) in [6, 6.07) is 7.18. The zero-order valence-corrected chi connectivity index (χ0v) is 37.9. The van der Waals surface area contributed by atoms with E-state index in [1.165, 1.54) is 17.4 Å². The van der Waals surface area contributed by atoms with Crippen molar-refractivity contribution in [1.82, 2.24) is 24.0 Å². The number of fused-ring (bicyclic) bond motifs is 1. The summed E-state index contributed by atoms with van der Waals surface area (Å²) in [6.07, 6.45) is 11.3. The van der Waals surface area contributed by atoms with Crippen molar-refractivity contribution in [2.75, 3.05) is 133 Å². The summed E-state index contributed by atoms with van der Waals surface area (Å²) in [4.78, 5) is 50.7. The van der Waals surface area contributed by atoms with Crippen molar-refractivity contribution in [2.24, 2.45) is 11.8 Å². The van der Waals surface area contributed by atoms with Crippen LogP contribution in [-0.4, -0.2) is 163 Å². The number of benzene rings is 1. The van der Waals surface area contributed by atoms with Crippen molar-refractivity contribution in [1.29, 1.82) is 0 Å². The van der Waals surface area contributed by atoms with Crippen LogP contribution in [-0.2, 0) is 55.7 Å². The number of aromatic nitrogens is 4. The summed E-state index contributed by atoms with van der Waals surface area (Å²) < 4.78 is 52.1. The number of carbonyl (C=O) groups is 1. The van der Waals surface area contributed by atoms with Gasteiger partial charge in [0.15, 0.2) is 5.65 Å². The number of imidazole rings is 1. The fourth-order valence-corrected chi connectivity index (χ4v) is 7.96. The average molecular weight is 888 g/mol. The zero-order chi connectivity index (χ0) is 44.3. The standard InChI is InChI=1S/C46H73N5O12/c1-49(17-18-56-21-22-58-25-26-60-29-30-62-33-34-63-32-31-61-28-27-59-24-23-57-20-19-55-2)44(52)40-15-13-39(14-16-40)42-47-41-43(48-42)50(35-37-9-5-3-6-10-37)46(54)51(45(41)53)36-38-11-7-4-8-12-38/h13-16,37-38H,3-12,17-36H2,1-2H3,(H,47,48). The molecule has 2 heterocycles. The molecule has 1 amide bonds. The Kier molecular flexibility index (Phi) is 23.9. The number of likely N-dealkylation sites (N-methyl/N-ethyl adjacent to an activating group) is 1. The molecule has 354 valence electrons. The Morgan fingerprint density at radius 2 is 1.02 bits per heavy atom. The fraction of sp³-hybridized carbons (Fsp3) is 0.739. The van der Waals surface area contributed by atoms with Crippen LogP contribution in [0.1, 0.15) is 74.6 Å². The first-order valence-electron chi connectivity index (χ1n) is 23.2. The summed E-state index contributed by atoms with van der Waals surface area (Å²) in [5.74, 6) is 1.09. The Labute approximate surface area is 371 Å². The lowest BCUT2D eigenvalue weighted by Crippen LogP contribution is -2.42. The van der Waals surface area contributed by atoms with Crippen molar-refractivity contribution >= 4 is 17.1 Å². The van der Waals surface area contributed by atoms with Gasteiger partial charge in [-0.1, -0.05) is 50.7 Å². The monoisotopic (exact) mass is 888 g/mol. The van der Waals surface area contributed by atoms with Gasteiger partial charge in [0, 0.05) is 44.9 Å². The molecule has 2 aromatic heterocycles. The molecule has 0 saturated heterocycles. The van der Waals surface area contributed by atoms with Crippen LogP contribution < -0.4 is 11.2 Å². The molecule has 17 heteroatoms. The second-order valence-electron chi connectivity index (χ2n) is 16.3. The highest BCUT2D eigenvalue weighted by Gasteiger charge is 2.24. The van der Waals surface area contributed by atoms with Crippen LogP contribution in [0.2, 0.25) is 0 Å². The maximum Gasteiger partial charge on any atom is 0.332 e. The van der Waals surface area contributed by atoms with E-state index in [0.29, 0.717) is 166 Å². The van der Waals surface area contributed by atoms with E-state index in [1.807, 2.05) is 12.1 Å². The number of nitrogens with zero attached hydrogens (tertiary/aromatic N) is 4. The summed E-state index contributed by atoms with van der Waals surface area (Å²) >= 11 is 0. The minimum absolute atomic E-state index is 0.133. The number of hydrogen-bond acceptors (Lipinski definition) is 13. The lowest BCUT2D eigenvalue weighted by molar-refractivity contribution is -0.0244. The highest BCUT2D eigenvalue weighted by molar-refractivity contribution is 5.94. The molecule has 2 fully saturated rings. The highest BCUT2D eigenvalue weighted by Crippen LogP contribution is 2.27. The number of nitrogens with one attached hydrogen (secondary N) is 1. The number of H-pyrrole nitrogens is 1. The number of aromatic amines is 1. The number of rotatable bonds is 33. The number of ether oxygens (including phenoxy) is 9. The van der Waals surface area contributed by atoms with Crippen molar-refractivity contribution in [3.05, 3.63) is 50.7 Å². The Hall–Kier alpha value is -3.52. The first-order valence-corrected chi connectivity index (χ1v) is 23.2.